The molecular weight excluding hydrogens is 422 g/mol. The fraction of sp³-hybridized carbons (Fsp3) is 0.240. The van der Waals surface area contributed by atoms with Gasteiger partial charge in [0.05, 0.1) is 21.8 Å². The number of aryl methyl sites for hydroxylation is 1. The molecule has 0 saturated carbocycles. The maximum Gasteiger partial charge on any atom is 0.220 e. The highest BCUT2D eigenvalue weighted by molar-refractivity contribution is 7.18. The van der Waals surface area contributed by atoms with Crippen molar-refractivity contribution >= 4 is 27.5 Å². The fourth-order valence-corrected chi connectivity index (χ4v) is 4.22. The molecule has 0 aliphatic heterocycles. The first kappa shape index (κ1) is 21.8. The number of nitrogens with one attached hydrogen (secondary N) is 1. The van der Waals surface area contributed by atoms with Crippen molar-refractivity contribution in [2.45, 2.75) is 32.7 Å². The van der Waals surface area contributed by atoms with Crippen molar-refractivity contribution in [2.24, 2.45) is 0 Å². The summed E-state index contributed by atoms with van der Waals surface area (Å²) in [5.74, 6) is 1.80. The number of carbonyl (C=O) groups excluding carboxylic acids is 1. The van der Waals surface area contributed by atoms with Gasteiger partial charge in [-0.25, -0.2) is 9.97 Å². The number of pyridine rings is 1. The summed E-state index contributed by atoms with van der Waals surface area (Å²) in [6, 6.07) is 19.3. The number of carbonyl (C=O) groups is 1. The Bertz CT molecular complexity index is 1140. The summed E-state index contributed by atoms with van der Waals surface area (Å²) in [6.07, 6.45) is 3.76. The predicted octanol–water partition coefficient (Wildman–Crippen LogP) is 5.52. The largest absolute Gasteiger partial charge is 0.490 e. The maximum atomic E-state index is 12.2. The molecule has 6 nitrogen and oxygen atoms in total. The van der Waals surface area contributed by atoms with Crippen LogP contribution in [0.15, 0.2) is 66.9 Å². The molecule has 0 radical (unpaired) electrons. The lowest BCUT2D eigenvalue weighted by atomic mass is 10.2. The second-order valence-electron chi connectivity index (χ2n) is 7.19. The zero-order valence-corrected chi connectivity index (χ0v) is 18.7. The van der Waals surface area contributed by atoms with Crippen LogP contribution in [0.1, 0.15) is 30.3 Å². The van der Waals surface area contributed by atoms with Crippen molar-refractivity contribution in [3.05, 3.63) is 77.4 Å². The monoisotopic (exact) mass is 447 g/mol. The molecule has 0 atom stereocenters. The smallest absolute Gasteiger partial charge is 0.220 e. The third-order valence-electron chi connectivity index (χ3n) is 4.78. The van der Waals surface area contributed by atoms with Crippen molar-refractivity contribution in [3.63, 3.8) is 0 Å². The minimum Gasteiger partial charge on any atom is -0.490 e. The Morgan fingerprint density at radius 3 is 2.62 bits per heavy atom. The molecule has 2 aromatic heterocycles. The Kier molecular flexibility index (Phi) is 7.30. The summed E-state index contributed by atoms with van der Waals surface area (Å²) in [7, 11) is 0. The maximum absolute atomic E-state index is 12.2. The van der Waals surface area contributed by atoms with Gasteiger partial charge in [-0.15, -0.1) is 11.3 Å². The van der Waals surface area contributed by atoms with Crippen molar-refractivity contribution in [3.8, 4) is 17.4 Å². The molecule has 0 unspecified atom stereocenters. The highest BCUT2D eigenvalue weighted by Gasteiger charge is 2.08. The van der Waals surface area contributed by atoms with Crippen molar-refractivity contribution in [1.29, 1.82) is 0 Å². The first-order chi connectivity index (χ1) is 15.7. The molecule has 0 spiro atoms. The number of ether oxygens (including phenoxy) is 2. The Morgan fingerprint density at radius 2 is 1.84 bits per heavy atom. The standard InChI is InChI=1S/C25H25N3O3S/c1-2-30-20-9-4-5-10-21(20)31-24-15-14-18(17-27-24)16-26-23(29)12-7-13-25-28-19-8-3-6-11-22(19)32-25/h3-6,8-11,14-15,17H,2,7,12-13,16H2,1H3,(H,26,29). The van der Waals surface area contributed by atoms with Crippen LogP contribution >= 0.6 is 11.3 Å². The highest BCUT2D eigenvalue weighted by Crippen LogP contribution is 2.30. The number of para-hydroxylation sites is 3. The Labute approximate surface area is 191 Å². The van der Waals surface area contributed by atoms with E-state index < -0.39 is 0 Å². The second-order valence-corrected chi connectivity index (χ2v) is 8.31. The SMILES string of the molecule is CCOc1ccccc1Oc1ccc(CNC(=O)CCCc2nc3ccccc3s2)cn1. The van der Waals surface area contributed by atoms with E-state index in [0.717, 1.165) is 28.9 Å². The third-order valence-corrected chi connectivity index (χ3v) is 5.88. The number of thiazole rings is 1. The number of hydrogen-bond acceptors (Lipinski definition) is 6. The van der Waals surface area contributed by atoms with E-state index in [1.54, 1.807) is 23.6 Å². The fourth-order valence-electron chi connectivity index (χ4n) is 3.21. The quantitative estimate of drug-likeness (QED) is 0.346. The second kappa shape index (κ2) is 10.7. The van der Waals surface area contributed by atoms with Crippen LogP contribution < -0.4 is 14.8 Å². The van der Waals surface area contributed by atoms with Crippen LogP contribution in [0.4, 0.5) is 0 Å². The first-order valence-electron chi connectivity index (χ1n) is 10.7. The number of hydrogen-bond donors (Lipinski definition) is 1. The van der Waals surface area contributed by atoms with Crippen LogP contribution in [-0.2, 0) is 17.8 Å². The van der Waals surface area contributed by atoms with E-state index in [9.17, 15) is 4.79 Å². The van der Waals surface area contributed by atoms with Gasteiger partial charge in [-0.2, -0.15) is 0 Å². The summed E-state index contributed by atoms with van der Waals surface area (Å²) >= 11 is 1.69. The van der Waals surface area contributed by atoms with Gasteiger partial charge in [0.15, 0.2) is 11.5 Å². The van der Waals surface area contributed by atoms with Crippen molar-refractivity contribution in [1.82, 2.24) is 15.3 Å². The van der Waals surface area contributed by atoms with Gasteiger partial charge in [-0.3, -0.25) is 4.79 Å². The van der Waals surface area contributed by atoms with Crippen LogP contribution in [0.3, 0.4) is 0 Å². The lowest BCUT2D eigenvalue weighted by molar-refractivity contribution is -0.121. The predicted molar refractivity (Wildman–Crippen MR) is 126 cm³/mol. The molecule has 2 heterocycles. The summed E-state index contributed by atoms with van der Waals surface area (Å²) in [5, 5.41) is 4.02. The summed E-state index contributed by atoms with van der Waals surface area (Å²) in [6.45, 7) is 2.93. The molecule has 0 saturated heterocycles. The van der Waals surface area contributed by atoms with Crippen LogP contribution in [0, 0.1) is 0 Å². The zero-order valence-electron chi connectivity index (χ0n) is 17.9. The van der Waals surface area contributed by atoms with Gasteiger partial charge >= 0.3 is 0 Å². The molecule has 32 heavy (non-hydrogen) atoms. The Hall–Kier alpha value is -3.45. The third kappa shape index (κ3) is 5.82. The highest BCUT2D eigenvalue weighted by atomic mass is 32.1. The Morgan fingerprint density at radius 1 is 1.03 bits per heavy atom. The minimum atomic E-state index is 0.0251. The van der Waals surface area contributed by atoms with E-state index in [1.165, 1.54) is 4.70 Å². The lowest BCUT2D eigenvalue weighted by Crippen LogP contribution is -2.22. The van der Waals surface area contributed by atoms with Gasteiger partial charge < -0.3 is 14.8 Å². The topological polar surface area (TPSA) is 73.3 Å². The molecule has 0 bridgehead atoms. The van der Waals surface area contributed by atoms with E-state index in [0.29, 0.717) is 37.0 Å². The number of benzene rings is 2. The van der Waals surface area contributed by atoms with Crippen LogP contribution in [0.5, 0.6) is 17.4 Å². The molecule has 7 heteroatoms. The van der Waals surface area contributed by atoms with Crippen molar-refractivity contribution in [2.75, 3.05) is 6.61 Å². The van der Waals surface area contributed by atoms with E-state index in [-0.39, 0.29) is 5.91 Å². The van der Waals surface area contributed by atoms with Crippen molar-refractivity contribution < 1.29 is 14.3 Å². The molecule has 0 fully saturated rings. The number of amides is 1. The van der Waals surface area contributed by atoms with Gasteiger partial charge in [-0.05, 0) is 49.6 Å². The molecule has 0 aliphatic rings. The molecule has 2 aromatic carbocycles. The zero-order chi connectivity index (χ0) is 22.2. The molecule has 164 valence electrons. The summed E-state index contributed by atoms with van der Waals surface area (Å²) in [4.78, 5) is 21.2. The molecular formula is C25H25N3O3S. The van der Waals surface area contributed by atoms with Crippen LogP contribution in [0.2, 0.25) is 0 Å². The number of rotatable bonds is 10. The lowest BCUT2D eigenvalue weighted by Gasteiger charge is -2.11. The Balaban J connectivity index is 1.22. The average Bonchev–Trinajstić information content (AvgIpc) is 3.23. The normalized spacial score (nSPS) is 10.8. The van der Waals surface area contributed by atoms with E-state index in [2.05, 4.69) is 21.4 Å². The summed E-state index contributed by atoms with van der Waals surface area (Å²) < 4.78 is 12.6. The van der Waals surface area contributed by atoms with Gasteiger partial charge in [0.2, 0.25) is 11.8 Å². The van der Waals surface area contributed by atoms with Gasteiger partial charge in [0.1, 0.15) is 0 Å². The number of fused-ring (bicyclic) bond motifs is 1. The molecule has 1 amide bonds. The number of nitrogens with zero attached hydrogens (tertiary/aromatic N) is 2. The van der Waals surface area contributed by atoms with E-state index in [1.807, 2.05) is 55.5 Å². The molecule has 4 rings (SSSR count). The minimum absolute atomic E-state index is 0.0251. The molecule has 1 N–H and O–H groups in total. The molecule has 4 aromatic rings. The first-order valence-corrected chi connectivity index (χ1v) is 11.5. The van der Waals surface area contributed by atoms with E-state index in [4.69, 9.17) is 9.47 Å². The van der Waals surface area contributed by atoms with E-state index >= 15 is 0 Å². The van der Waals surface area contributed by atoms with Crippen LogP contribution in [-0.4, -0.2) is 22.5 Å². The van der Waals surface area contributed by atoms with Gasteiger partial charge in [0.25, 0.3) is 0 Å². The molecule has 0 aliphatic carbocycles. The van der Waals surface area contributed by atoms with Gasteiger partial charge in [0, 0.05) is 25.2 Å². The average molecular weight is 448 g/mol. The summed E-state index contributed by atoms with van der Waals surface area (Å²) in [5.41, 5.74) is 1.94. The van der Waals surface area contributed by atoms with Gasteiger partial charge in [-0.1, -0.05) is 30.3 Å². The number of aromatic nitrogens is 2. The van der Waals surface area contributed by atoms with Crippen LogP contribution in [0.25, 0.3) is 10.2 Å².